The zero-order chi connectivity index (χ0) is 38.7. The molecule has 0 aliphatic rings. The average molecular weight is 962 g/mol. The van der Waals surface area contributed by atoms with Gasteiger partial charge in [-0.2, -0.15) is 0 Å². The van der Waals surface area contributed by atoms with Crippen LogP contribution in [0.3, 0.4) is 0 Å². The van der Waals surface area contributed by atoms with Gasteiger partial charge in [0, 0.05) is 0 Å². The molecule has 9 aromatic rings. The summed E-state index contributed by atoms with van der Waals surface area (Å²) in [5.41, 5.74) is 0. The molecule has 0 aliphatic carbocycles. The van der Waals surface area contributed by atoms with Gasteiger partial charge in [-0.15, -0.1) is 0 Å². The zero-order valence-electron chi connectivity index (χ0n) is 33.9. The Morgan fingerprint density at radius 2 is 0.250 bits per heavy atom. The maximum absolute atomic E-state index is 2.23. The summed E-state index contributed by atoms with van der Waals surface area (Å²) in [6.45, 7) is 0. The molecule has 6 heteroatoms. The standard InChI is InChI=1S/3C18H15P.2ClH.Rh.H/c3*1-4-10-16(11-5-1)19(17-12-6-2-7-13-17)18-14-8-3-9-15-18;;;;/h3*1-15H;2*1H;;/q;;;;;+3;-1/p-2. The molecular weight excluding hydrogens is 915 g/mol. The van der Waals surface area contributed by atoms with Gasteiger partial charge in [-0.1, -0.05) is 273 Å². The van der Waals surface area contributed by atoms with Gasteiger partial charge in [-0.3, -0.25) is 0 Å². The molecule has 9 rings (SSSR count). The van der Waals surface area contributed by atoms with Crippen molar-refractivity contribution in [3.05, 3.63) is 273 Å². The quantitative estimate of drug-likeness (QED) is 0.149. The van der Waals surface area contributed by atoms with Gasteiger partial charge in [-0.25, -0.2) is 0 Å². The summed E-state index contributed by atoms with van der Waals surface area (Å²) in [6, 6.07) is 97.0. The molecule has 0 spiro atoms. The Labute approximate surface area is 387 Å². The van der Waals surface area contributed by atoms with E-state index in [-0.39, 0.29) is 45.7 Å². The van der Waals surface area contributed by atoms with Crippen LogP contribution in [0, 0.1) is 0 Å². The third-order valence-electron chi connectivity index (χ3n) is 9.13. The molecule has 0 bridgehead atoms. The fourth-order valence-electron chi connectivity index (χ4n) is 6.54. The minimum absolute atomic E-state index is 0. The molecule has 0 heterocycles. The molecule has 0 aromatic heterocycles. The van der Waals surface area contributed by atoms with Crippen LogP contribution < -0.4 is 72.6 Å². The average Bonchev–Trinajstić information content (AvgIpc) is 3.30. The van der Waals surface area contributed by atoms with Crippen molar-refractivity contribution >= 4 is 71.5 Å². The van der Waals surface area contributed by atoms with Crippen molar-refractivity contribution in [3.8, 4) is 0 Å². The summed E-state index contributed by atoms with van der Waals surface area (Å²) in [6.07, 6.45) is 0. The van der Waals surface area contributed by atoms with Crippen LogP contribution in [0.25, 0.3) is 0 Å². The molecule has 60 heavy (non-hydrogen) atoms. The van der Waals surface area contributed by atoms with Crippen LogP contribution >= 0.6 is 23.8 Å². The topological polar surface area (TPSA) is 0 Å². The predicted molar refractivity (Wildman–Crippen MR) is 257 cm³/mol. The van der Waals surface area contributed by atoms with E-state index in [1.165, 1.54) is 47.7 Å². The Kier molecular flexibility index (Phi) is 21.4. The molecule has 0 atom stereocenters. The third-order valence-corrected chi connectivity index (χ3v) is 16.5. The van der Waals surface area contributed by atoms with Crippen molar-refractivity contribution in [2.24, 2.45) is 0 Å². The predicted octanol–water partition coefficient (Wildman–Crippen LogP) is 4.45. The van der Waals surface area contributed by atoms with E-state index in [0.717, 1.165) is 0 Å². The number of hydrogen-bond donors (Lipinski definition) is 0. The van der Waals surface area contributed by atoms with E-state index in [9.17, 15) is 0 Å². The Hall–Kier alpha value is -4.53. The van der Waals surface area contributed by atoms with E-state index in [1.807, 2.05) is 0 Å². The van der Waals surface area contributed by atoms with Crippen molar-refractivity contribution in [1.29, 1.82) is 0 Å². The summed E-state index contributed by atoms with van der Waals surface area (Å²) in [5, 5.41) is 12.6. The van der Waals surface area contributed by atoms with E-state index < -0.39 is 23.8 Å². The first-order chi connectivity index (χ1) is 28.3. The van der Waals surface area contributed by atoms with Gasteiger partial charge in [0.25, 0.3) is 0 Å². The Morgan fingerprint density at radius 3 is 0.333 bits per heavy atom. The third kappa shape index (κ3) is 13.8. The fraction of sp³-hybridized carbons (Fsp3) is 0. The van der Waals surface area contributed by atoms with Gasteiger partial charge in [-0.05, 0) is 71.5 Å². The second-order valence-corrected chi connectivity index (χ2v) is 19.7. The molecular formula is C54H46Cl2P3Rh. The summed E-state index contributed by atoms with van der Waals surface area (Å²) in [5.74, 6) is 0. The van der Waals surface area contributed by atoms with Crippen LogP contribution in [0.5, 0.6) is 0 Å². The van der Waals surface area contributed by atoms with Crippen LogP contribution in [0.15, 0.2) is 273 Å². The van der Waals surface area contributed by atoms with Crippen LogP contribution in [0.1, 0.15) is 1.43 Å². The van der Waals surface area contributed by atoms with Gasteiger partial charge in [0.15, 0.2) is 0 Å². The molecule has 0 saturated heterocycles. The minimum atomic E-state index is -0.446. The maximum atomic E-state index is 2.23. The van der Waals surface area contributed by atoms with Crippen LogP contribution in [0.2, 0.25) is 0 Å². The normalized spacial score (nSPS) is 10.1. The van der Waals surface area contributed by atoms with Gasteiger partial charge in [0.1, 0.15) is 0 Å². The molecule has 0 N–H and O–H groups in total. The van der Waals surface area contributed by atoms with Crippen molar-refractivity contribution < 1.29 is 45.7 Å². The van der Waals surface area contributed by atoms with Crippen molar-refractivity contribution in [2.75, 3.05) is 0 Å². The largest absolute Gasteiger partial charge is 3.00 e. The number of rotatable bonds is 9. The van der Waals surface area contributed by atoms with Gasteiger partial charge in [0.2, 0.25) is 0 Å². The van der Waals surface area contributed by atoms with Crippen molar-refractivity contribution in [1.82, 2.24) is 0 Å². The summed E-state index contributed by atoms with van der Waals surface area (Å²) in [4.78, 5) is 0. The van der Waals surface area contributed by atoms with E-state index in [0.29, 0.717) is 0 Å². The number of halogens is 2. The van der Waals surface area contributed by atoms with E-state index in [2.05, 4.69) is 273 Å². The first kappa shape index (κ1) is 48.1. The molecule has 0 saturated carbocycles. The first-order valence-corrected chi connectivity index (χ1v) is 23.2. The first-order valence-electron chi connectivity index (χ1n) is 19.2. The molecule has 0 fully saturated rings. The Morgan fingerprint density at radius 1 is 0.167 bits per heavy atom. The molecule has 0 nitrogen and oxygen atoms in total. The van der Waals surface area contributed by atoms with Crippen LogP contribution in [0.4, 0.5) is 0 Å². The second kappa shape index (κ2) is 26.6. The molecule has 0 unspecified atom stereocenters. The molecule has 9 aromatic carbocycles. The zero-order valence-corrected chi connectivity index (χ0v) is 38.7. The Bertz CT molecular complexity index is 1880. The smallest absolute Gasteiger partial charge is 1.00 e. The fourth-order valence-corrected chi connectivity index (χ4v) is 13.5. The van der Waals surface area contributed by atoms with Crippen LogP contribution in [-0.2, 0) is 19.5 Å². The molecule has 300 valence electrons. The number of hydrogen-bond acceptors (Lipinski definition) is 0. The molecule has 0 aliphatic heterocycles. The second-order valence-electron chi connectivity index (χ2n) is 13.0. The summed E-state index contributed by atoms with van der Waals surface area (Å²) >= 11 is 0. The van der Waals surface area contributed by atoms with Gasteiger partial charge < -0.3 is 26.2 Å². The molecule has 0 amide bonds. The Balaban J connectivity index is 0.000000236. The summed E-state index contributed by atoms with van der Waals surface area (Å²) in [7, 11) is -1.34. The van der Waals surface area contributed by atoms with E-state index in [4.69, 9.17) is 0 Å². The maximum Gasteiger partial charge on any atom is 3.00 e. The van der Waals surface area contributed by atoms with E-state index >= 15 is 0 Å². The minimum Gasteiger partial charge on any atom is -1.00 e. The number of benzene rings is 9. The van der Waals surface area contributed by atoms with Gasteiger partial charge >= 0.3 is 19.5 Å². The summed E-state index contributed by atoms with van der Waals surface area (Å²) < 4.78 is 0. The van der Waals surface area contributed by atoms with Gasteiger partial charge in [0.05, 0.1) is 0 Å². The monoisotopic (exact) mass is 960 g/mol. The van der Waals surface area contributed by atoms with E-state index in [1.54, 1.807) is 0 Å². The van der Waals surface area contributed by atoms with Crippen molar-refractivity contribution in [3.63, 3.8) is 0 Å². The van der Waals surface area contributed by atoms with Crippen molar-refractivity contribution in [2.45, 2.75) is 0 Å². The van der Waals surface area contributed by atoms with Crippen LogP contribution in [-0.4, -0.2) is 0 Å². The molecule has 0 radical (unpaired) electrons. The SMILES string of the molecule is [Cl-].[Cl-].[H-].[Rh+3].c1ccc(P(c2ccccc2)c2ccccc2)cc1.c1ccc(P(c2ccccc2)c2ccccc2)cc1.c1ccc(P(c2ccccc2)c2ccccc2)cc1.